The predicted molar refractivity (Wildman–Crippen MR) is 122 cm³/mol. The lowest BCUT2D eigenvalue weighted by molar-refractivity contribution is 0.262. The molecule has 0 spiro atoms. The van der Waals surface area contributed by atoms with Crippen molar-refractivity contribution in [2.24, 2.45) is 0 Å². The zero-order valence-corrected chi connectivity index (χ0v) is 17.4. The summed E-state index contributed by atoms with van der Waals surface area (Å²) in [6.45, 7) is 2.40. The minimum Gasteiger partial charge on any atom is -0.493 e. The maximum Gasteiger partial charge on any atom is 0.323 e. The van der Waals surface area contributed by atoms with Crippen molar-refractivity contribution in [3.8, 4) is 17.0 Å². The Morgan fingerprint density at radius 1 is 0.968 bits per heavy atom. The quantitative estimate of drug-likeness (QED) is 0.365. The van der Waals surface area contributed by atoms with E-state index in [1.54, 1.807) is 6.07 Å². The summed E-state index contributed by atoms with van der Waals surface area (Å²) < 4.78 is 18.9. The van der Waals surface area contributed by atoms with Gasteiger partial charge in [-0.2, -0.15) is 0 Å². The first kappa shape index (κ1) is 20.6. The first-order valence-electron chi connectivity index (χ1n) is 9.69. The lowest BCUT2D eigenvalue weighted by Crippen LogP contribution is -2.19. The van der Waals surface area contributed by atoms with Crippen LogP contribution in [0.15, 0.2) is 72.8 Å². The number of pyridine rings is 1. The number of hydrogen-bond acceptors (Lipinski definition) is 3. The molecule has 7 heteroatoms. The van der Waals surface area contributed by atoms with Gasteiger partial charge >= 0.3 is 6.03 Å². The van der Waals surface area contributed by atoms with Gasteiger partial charge in [-0.25, -0.2) is 14.2 Å². The second-order valence-electron chi connectivity index (χ2n) is 6.76. The molecule has 1 aromatic heterocycles. The molecule has 0 fully saturated rings. The maximum atomic E-state index is 13.0. The number of nitrogens with zero attached hydrogens (tertiary/aromatic N) is 1. The Hall–Kier alpha value is -3.64. The van der Waals surface area contributed by atoms with Gasteiger partial charge in [-0.1, -0.05) is 23.7 Å². The van der Waals surface area contributed by atoms with Gasteiger partial charge in [0.05, 0.1) is 17.8 Å². The van der Waals surface area contributed by atoms with E-state index in [9.17, 15) is 9.18 Å². The van der Waals surface area contributed by atoms with E-state index < -0.39 is 6.03 Å². The van der Waals surface area contributed by atoms with Gasteiger partial charge in [0.15, 0.2) is 0 Å². The first-order valence-corrected chi connectivity index (χ1v) is 10.1. The van der Waals surface area contributed by atoms with Crippen LogP contribution in [0.2, 0.25) is 5.02 Å². The lowest BCUT2D eigenvalue weighted by Gasteiger charge is -2.13. The van der Waals surface area contributed by atoms with Crippen molar-refractivity contribution in [3.05, 3.63) is 83.6 Å². The van der Waals surface area contributed by atoms with Crippen LogP contribution in [-0.4, -0.2) is 17.6 Å². The number of rotatable bonds is 5. The van der Waals surface area contributed by atoms with E-state index in [1.807, 2.05) is 49.4 Å². The molecule has 4 rings (SSSR count). The third-order valence-corrected chi connectivity index (χ3v) is 4.82. The number of carbonyl (C=O) groups is 1. The monoisotopic (exact) mass is 435 g/mol. The third-order valence-electron chi connectivity index (χ3n) is 4.57. The highest BCUT2D eigenvalue weighted by Crippen LogP contribution is 2.32. The summed E-state index contributed by atoms with van der Waals surface area (Å²) in [5.41, 5.74) is 3.49. The van der Waals surface area contributed by atoms with Crippen LogP contribution in [-0.2, 0) is 0 Å². The molecule has 1 heterocycles. The molecule has 156 valence electrons. The number of amides is 2. The molecule has 0 unspecified atom stereocenters. The summed E-state index contributed by atoms with van der Waals surface area (Å²) in [5, 5.41) is 6.88. The fraction of sp³-hybridized carbons (Fsp3) is 0.0833. The van der Waals surface area contributed by atoms with Crippen molar-refractivity contribution in [2.75, 3.05) is 17.2 Å². The Morgan fingerprint density at radius 3 is 2.35 bits per heavy atom. The van der Waals surface area contributed by atoms with Crippen molar-refractivity contribution in [3.63, 3.8) is 0 Å². The van der Waals surface area contributed by atoms with Crippen molar-refractivity contribution in [1.82, 2.24) is 4.98 Å². The number of nitrogens with one attached hydrogen (secondary N) is 2. The molecule has 5 nitrogen and oxygen atoms in total. The fourth-order valence-electron chi connectivity index (χ4n) is 3.14. The highest BCUT2D eigenvalue weighted by Gasteiger charge is 2.11. The summed E-state index contributed by atoms with van der Waals surface area (Å²) >= 11 is 5.99. The molecule has 2 amide bonds. The topological polar surface area (TPSA) is 63.2 Å². The molecule has 0 aliphatic heterocycles. The van der Waals surface area contributed by atoms with Crippen LogP contribution >= 0.6 is 11.6 Å². The van der Waals surface area contributed by atoms with Gasteiger partial charge in [-0.05, 0) is 61.5 Å². The van der Waals surface area contributed by atoms with Crippen LogP contribution in [0.1, 0.15) is 6.92 Å². The van der Waals surface area contributed by atoms with Gasteiger partial charge in [0.25, 0.3) is 0 Å². The predicted octanol–water partition coefficient (Wildman–Crippen LogP) is 6.74. The van der Waals surface area contributed by atoms with E-state index in [0.29, 0.717) is 28.8 Å². The van der Waals surface area contributed by atoms with Crippen LogP contribution < -0.4 is 15.4 Å². The van der Waals surface area contributed by atoms with Gasteiger partial charge in [-0.15, -0.1) is 0 Å². The van der Waals surface area contributed by atoms with Gasteiger partial charge < -0.3 is 15.4 Å². The number of benzene rings is 3. The van der Waals surface area contributed by atoms with Crippen molar-refractivity contribution in [1.29, 1.82) is 0 Å². The van der Waals surface area contributed by atoms with E-state index in [4.69, 9.17) is 21.3 Å². The number of carbonyl (C=O) groups excluding carboxylic acids is 1. The summed E-state index contributed by atoms with van der Waals surface area (Å²) in [7, 11) is 0. The molecule has 0 atom stereocenters. The summed E-state index contributed by atoms with van der Waals surface area (Å²) in [6.07, 6.45) is 0. The van der Waals surface area contributed by atoms with Gasteiger partial charge in [-0.3, -0.25) is 0 Å². The Bertz CT molecular complexity index is 1230. The Kier molecular flexibility index (Phi) is 6.00. The Labute approximate surface area is 183 Å². The summed E-state index contributed by atoms with van der Waals surface area (Å²) in [4.78, 5) is 17.0. The highest BCUT2D eigenvalue weighted by atomic mass is 35.5. The van der Waals surface area contributed by atoms with E-state index in [2.05, 4.69) is 10.6 Å². The van der Waals surface area contributed by atoms with E-state index >= 15 is 0 Å². The molecule has 0 radical (unpaired) electrons. The smallest absolute Gasteiger partial charge is 0.323 e. The molecule has 0 saturated heterocycles. The number of fused-ring (bicyclic) bond motifs is 1. The molecule has 0 aliphatic carbocycles. The van der Waals surface area contributed by atoms with Crippen molar-refractivity contribution >= 4 is 39.9 Å². The van der Waals surface area contributed by atoms with Crippen LogP contribution in [0.25, 0.3) is 22.2 Å². The zero-order chi connectivity index (χ0) is 21.8. The van der Waals surface area contributed by atoms with E-state index in [-0.39, 0.29) is 5.82 Å². The Balaban J connectivity index is 1.62. The fourth-order valence-corrected chi connectivity index (χ4v) is 3.27. The molecule has 2 N–H and O–H groups in total. The minimum absolute atomic E-state index is 0.366. The van der Waals surface area contributed by atoms with Crippen LogP contribution in [0.4, 0.5) is 20.6 Å². The minimum atomic E-state index is -0.435. The first-order chi connectivity index (χ1) is 15.0. The second-order valence-corrected chi connectivity index (χ2v) is 7.20. The molecule has 31 heavy (non-hydrogen) atoms. The van der Waals surface area contributed by atoms with Gasteiger partial charge in [0.1, 0.15) is 11.6 Å². The van der Waals surface area contributed by atoms with Crippen molar-refractivity contribution < 1.29 is 13.9 Å². The maximum absolute atomic E-state index is 13.0. The largest absolute Gasteiger partial charge is 0.493 e. The molecule has 3 aromatic carbocycles. The van der Waals surface area contributed by atoms with Crippen LogP contribution in [0.5, 0.6) is 5.75 Å². The standard InChI is InChI=1S/C24H19ClFN3O2/c1-2-31-23-14-22(15-3-5-16(25)6-4-15)29-21-12-11-19(13-20(21)23)28-24(30)27-18-9-7-17(26)8-10-18/h3-14H,2H2,1H3,(H2,27,28,30). The normalized spacial score (nSPS) is 10.7. The molecule has 4 aromatic rings. The molecule has 0 aliphatic rings. The summed E-state index contributed by atoms with van der Waals surface area (Å²) in [6, 6.07) is 19.8. The zero-order valence-electron chi connectivity index (χ0n) is 16.7. The molecule has 0 bridgehead atoms. The highest BCUT2D eigenvalue weighted by molar-refractivity contribution is 6.30. The number of aromatic nitrogens is 1. The van der Waals surface area contributed by atoms with E-state index in [0.717, 1.165) is 22.2 Å². The molecular weight excluding hydrogens is 417 g/mol. The van der Waals surface area contributed by atoms with Crippen LogP contribution in [0, 0.1) is 5.82 Å². The number of halogens is 2. The lowest BCUT2D eigenvalue weighted by atomic mass is 10.1. The van der Waals surface area contributed by atoms with Gasteiger partial charge in [0.2, 0.25) is 0 Å². The second kappa shape index (κ2) is 9.02. The number of ether oxygens (including phenoxy) is 1. The van der Waals surface area contributed by atoms with Crippen LogP contribution in [0.3, 0.4) is 0 Å². The number of urea groups is 1. The number of anilines is 2. The summed E-state index contributed by atoms with van der Waals surface area (Å²) in [5.74, 6) is 0.300. The molecule has 0 saturated carbocycles. The van der Waals surface area contributed by atoms with Gasteiger partial charge in [0, 0.05) is 33.4 Å². The SMILES string of the molecule is CCOc1cc(-c2ccc(Cl)cc2)nc2ccc(NC(=O)Nc3ccc(F)cc3)cc12. The van der Waals surface area contributed by atoms with E-state index in [1.165, 1.54) is 24.3 Å². The number of hydrogen-bond donors (Lipinski definition) is 2. The average Bonchev–Trinajstić information content (AvgIpc) is 2.76. The third kappa shape index (κ3) is 4.92. The Morgan fingerprint density at radius 2 is 1.65 bits per heavy atom. The molecular formula is C24H19ClFN3O2. The van der Waals surface area contributed by atoms with Crippen molar-refractivity contribution in [2.45, 2.75) is 6.92 Å². The average molecular weight is 436 g/mol.